The molecule has 4 nitrogen and oxygen atoms in total. The smallest absolute Gasteiger partial charge is 0.158 e. The summed E-state index contributed by atoms with van der Waals surface area (Å²) in [7, 11) is 0. The van der Waals surface area contributed by atoms with Crippen LogP contribution in [-0.2, 0) is 0 Å². The number of aldehydes is 2. The monoisotopic (exact) mass is 166 g/mol. The molecule has 0 aromatic heterocycles. The van der Waals surface area contributed by atoms with E-state index in [1.165, 1.54) is 0 Å². The normalized spacial score (nSPS) is 9.33. The molecule has 0 saturated carbocycles. The Morgan fingerprint density at radius 1 is 0.917 bits per heavy atom. The van der Waals surface area contributed by atoms with Gasteiger partial charge >= 0.3 is 0 Å². The van der Waals surface area contributed by atoms with Crippen molar-refractivity contribution in [1.82, 2.24) is 0 Å². The summed E-state index contributed by atoms with van der Waals surface area (Å²) in [5, 5.41) is 17.9. The molecule has 0 amide bonds. The topological polar surface area (TPSA) is 74.6 Å². The van der Waals surface area contributed by atoms with Gasteiger partial charge in [0.1, 0.15) is 0 Å². The van der Waals surface area contributed by atoms with E-state index in [9.17, 15) is 9.59 Å². The van der Waals surface area contributed by atoms with E-state index < -0.39 is 11.5 Å². The highest BCUT2D eigenvalue weighted by atomic mass is 16.3. The molecule has 4 heteroatoms. The largest absolute Gasteiger partial charge is 0.504 e. The summed E-state index contributed by atoms with van der Waals surface area (Å²) in [6.07, 6.45) is 0.867. The van der Waals surface area contributed by atoms with Crippen LogP contribution in [0.4, 0.5) is 0 Å². The van der Waals surface area contributed by atoms with Crippen LogP contribution in [0.25, 0.3) is 0 Å². The number of benzene rings is 1. The standard InChI is InChI=1S/C8H6O4/c9-3-5-1-7(11)8(12)2-6(5)4-10/h1-4,11-12H. The van der Waals surface area contributed by atoms with E-state index in [4.69, 9.17) is 10.2 Å². The van der Waals surface area contributed by atoms with E-state index in [2.05, 4.69) is 0 Å². The third kappa shape index (κ3) is 1.27. The highest BCUT2D eigenvalue weighted by Crippen LogP contribution is 2.26. The summed E-state index contributed by atoms with van der Waals surface area (Å²) >= 11 is 0. The Balaban J connectivity index is 3.37. The first-order chi connectivity index (χ1) is 5.69. The fourth-order valence-electron chi connectivity index (χ4n) is 0.813. The zero-order chi connectivity index (χ0) is 9.14. The van der Waals surface area contributed by atoms with Crippen LogP contribution in [-0.4, -0.2) is 22.8 Å². The van der Waals surface area contributed by atoms with Crippen molar-refractivity contribution in [3.8, 4) is 11.5 Å². The Morgan fingerprint density at radius 2 is 1.25 bits per heavy atom. The molecule has 1 aromatic carbocycles. The molecule has 0 aliphatic heterocycles. The molecule has 62 valence electrons. The maximum absolute atomic E-state index is 10.3. The van der Waals surface area contributed by atoms with Crippen LogP contribution in [0.1, 0.15) is 20.7 Å². The van der Waals surface area contributed by atoms with Crippen LogP contribution in [0.15, 0.2) is 12.1 Å². The lowest BCUT2D eigenvalue weighted by atomic mass is 10.1. The van der Waals surface area contributed by atoms with Crippen molar-refractivity contribution in [3.05, 3.63) is 23.3 Å². The van der Waals surface area contributed by atoms with Gasteiger partial charge in [-0.25, -0.2) is 0 Å². The molecule has 0 aliphatic carbocycles. The molecule has 2 N–H and O–H groups in total. The highest BCUT2D eigenvalue weighted by molar-refractivity contribution is 5.91. The maximum atomic E-state index is 10.3. The van der Waals surface area contributed by atoms with Crippen LogP contribution in [0.3, 0.4) is 0 Å². The van der Waals surface area contributed by atoms with Crippen molar-refractivity contribution in [3.63, 3.8) is 0 Å². The number of phenols is 2. The van der Waals surface area contributed by atoms with Crippen molar-refractivity contribution in [2.24, 2.45) is 0 Å². The average molecular weight is 166 g/mol. The van der Waals surface area contributed by atoms with E-state index in [-0.39, 0.29) is 11.1 Å². The first-order valence-electron chi connectivity index (χ1n) is 3.15. The van der Waals surface area contributed by atoms with Gasteiger partial charge in [0, 0.05) is 11.1 Å². The lowest BCUT2D eigenvalue weighted by Crippen LogP contribution is -1.89. The van der Waals surface area contributed by atoms with Crippen molar-refractivity contribution in [1.29, 1.82) is 0 Å². The molecule has 12 heavy (non-hydrogen) atoms. The van der Waals surface area contributed by atoms with Crippen molar-refractivity contribution >= 4 is 12.6 Å². The fraction of sp³-hybridized carbons (Fsp3) is 0. The lowest BCUT2D eigenvalue weighted by molar-refractivity contribution is 0.109. The van der Waals surface area contributed by atoms with Gasteiger partial charge in [-0.1, -0.05) is 0 Å². The van der Waals surface area contributed by atoms with Gasteiger partial charge < -0.3 is 10.2 Å². The molecule has 0 saturated heterocycles. The molecule has 0 fully saturated rings. The number of hydrogen-bond donors (Lipinski definition) is 2. The molecule has 0 spiro atoms. The van der Waals surface area contributed by atoms with E-state index in [0.29, 0.717) is 12.6 Å². The second-order valence-corrected chi connectivity index (χ2v) is 2.21. The predicted octanol–water partition coefficient (Wildman–Crippen LogP) is 0.723. The first-order valence-corrected chi connectivity index (χ1v) is 3.15. The van der Waals surface area contributed by atoms with Crippen molar-refractivity contribution in [2.45, 2.75) is 0 Å². The Labute approximate surface area is 68.1 Å². The number of carbonyl (C=O) groups is 2. The summed E-state index contributed by atoms with van der Waals surface area (Å²) in [5.74, 6) is -0.828. The molecule has 0 atom stereocenters. The van der Waals surface area contributed by atoms with Crippen molar-refractivity contribution < 1.29 is 19.8 Å². The minimum absolute atomic E-state index is 0.0558. The van der Waals surface area contributed by atoms with Crippen LogP contribution >= 0.6 is 0 Å². The molecule has 0 aliphatic rings. The molecular formula is C8H6O4. The molecule has 0 unspecified atom stereocenters. The van der Waals surface area contributed by atoms with Gasteiger partial charge in [-0.2, -0.15) is 0 Å². The first kappa shape index (κ1) is 8.26. The minimum Gasteiger partial charge on any atom is -0.504 e. The van der Waals surface area contributed by atoms with Gasteiger partial charge in [-0.3, -0.25) is 9.59 Å². The third-order valence-corrected chi connectivity index (χ3v) is 1.43. The van der Waals surface area contributed by atoms with E-state index in [1.54, 1.807) is 0 Å². The Hall–Kier alpha value is -1.84. The van der Waals surface area contributed by atoms with Gasteiger partial charge in [0.05, 0.1) is 0 Å². The summed E-state index contributed by atoms with van der Waals surface area (Å²) in [4.78, 5) is 20.6. The van der Waals surface area contributed by atoms with Gasteiger partial charge in [-0.15, -0.1) is 0 Å². The second kappa shape index (κ2) is 3.04. The summed E-state index contributed by atoms with van der Waals surface area (Å²) in [5.41, 5.74) is 0.112. The maximum Gasteiger partial charge on any atom is 0.158 e. The summed E-state index contributed by atoms with van der Waals surface area (Å²) < 4.78 is 0. The Kier molecular flexibility index (Phi) is 2.09. The van der Waals surface area contributed by atoms with Gasteiger partial charge in [-0.05, 0) is 12.1 Å². The molecule has 1 aromatic rings. The van der Waals surface area contributed by atoms with E-state index >= 15 is 0 Å². The number of carbonyl (C=O) groups excluding carboxylic acids is 2. The second-order valence-electron chi connectivity index (χ2n) is 2.21. The zero-order valence-electron chi connectivity index (χ0n) is 6.02. The van der Waals surface area contributed by atoms with E-state index in [1.807, 2.05) is 0 Å². The Morgan fingerprint density at radius 3 is 1.50 bits per heavy atom. The minimum atomic E-state index is -0.414. The molecular weight excluding hydrogens is 160 g/mol. The predicted molar refractivity (Wildman–Crippen MR) is 40.5 cm³/mol. The lowest BCUT2D eigenvalue weighted by Gasteiger charge is -2.00. The Bertz CT molecular complexity index is 297. The SMILES string of the molecule is O=Cc1cc(O)c(O)cc1C=O. The quantitative estimate of drug-likeness (QED) is 0.501. The van der Waals surface area contributed by atoms with Gasteiger partial charge in [0.15, 0.2) is 24.1 Å². The molecule has 0 bridgehead atoms. The van der Waals surface area contributed by atoms with Crippen LogP contribution < -0.4 is 0 Å². The number of aromatic hydroxyl groups is 2. The summed E-state index contributed by atoms with van der Waals surface area (Å²) in [6, 6.07) is 2.07. The van der Waals surface area contributed by atoms with E-state index in [0.717, 1.165) is 12.1 Å². The number of rotatable bonds is 2. The number of phenolic OH excluding ortho intramolecular Hbond substituents is 2. The average Bonchev–Trinajstić information content (AvgIpc) is 2.09. The van der Waals surface area contributed by atoms with Crippen LogP contribution in [0.5, 0.6) is 11.5 Å². The molecule has 0 heterocycles. The van der Waals surface area contributed by atoms with Gasteiger partial charge in [0.25, 0.3) is 0 Å². The molecule has 0 radical (unpaired) electrons. The van der Waals surface area contributed by atoms with Crippen molar-refractivity contribution in [2.75, 3.05) is 0 Å². The third-order valence-electron chi connectivity index (χ3n) is 1.43. The summed E-state index contributed by atoms with van der Waals surface area (Å²) in [6.45, 7) is 0. The molecule has 1 rings (SSSR count). The van der Waals surface area contributed by atoms with Crippen LogP contribution in [0, 0.1) is 0 Å². The highest BCUT2D eigenvalue weighted by Gasteiger charge is 2.06. The number of hydrogen-bond acceptors (Lipinski definition) is 4. The van der Waals surface area contributed by atoms with Crippen LogP contribution in [0.2, 0.25) is 0 Å². The van der Waals surface area contributed by atoms with Gasteiger partial charge in [0.2, 0.25) is 0 Å². The zero-order valence-corrected chi connectivity index (χ0v) is 6.02. The fourth-order valence-corrected chi connectivity index (χ4v) is 0.813.